The lowest BCUT2D eigenvalue weighted by atomic mass is 9.79. The van der Waals surface area contributed by atoms with Crippen LogP contribution in [0.2, 0.25) is 0 Å². The summed E-state index contributed by atoms with van der Waals surface area (Å²) in [5, 5.41) is 22.6. The summed E-state index contributed by atoms with van der Waals surface area (Å²) < 4.78 is 35.5. The fourth-order valence-electron chi connectivity index (χ4n) is 6.68. The molecule has 0 bridgehead atoms. The molecule has 1 aliphatic rings. The van der Waals surface area contributed by atoms with Gasteiger partial charge < -0.3 is 33.7 Å². The van der Waals surface area contributed by atoms with E-state index in [2.05, 4.69) is 34.4 Å². The van der Waals surface area contributed by atoms with Gasteiger partial charge in [0.25, 0.3) is 0 Å². The van der Waals surface area contributed by atoms with Crippen LogP contribution in [-0.2, 0) is 37.1 Å². The first-order valence-corrected chi connectivity index (χ1v) is 18.2. The zero-order valence-electron chi connectivity index (χ0n) is 30.6. The van der Waals surface area contributed by atoms with E-state index in [4.69, 9.17) is 38.8 Å². The molecule has 1 saturated heterocycles. The zero-order valence-corrected chi connectivity index (χ0v) is 30.6. The van der Waals surface area contributed by atoms with Crippen LogP contribution in [0.1, 0.15) is 54.7 Å². The van der Waals surface area contributed by atoms with Gasteiger partial charge in [0.15, 0.2) is 0 Å². The Balaban J connectivity index is 1.19. The van der Waals surface area contributed by atoms with Crippen LogP contribution in [0.25, 0.3) is 10.8 Å². The third-order valence-corrected chi connectivity index (χ3v) is 9.34. The van der Waals surface area contributed by atoms with Crippen molar-refractivity contribution in [1.82, 2.24) is 10.7 Å². The molecule has 53 heavy (non-hydrogen) atoms. The van der Waals surface area contributed by atoms with Gasteiger partial charge in [-0.05, 0) is 59.7 Å². The van der Waals surface area contributed by atoms with Gasteiger partial charge in [-0.1, -0.05) is 61.0 Å². The van der Waals surface area contributed by atoms with Crippen molar-refractivity contribution in [2.75, 3.05) is 53.7 Å². The predicted molar refractivity (Wildman–Crippen MR) is 198 cm³/mol. The number of methoxy groups -OCH3 is 2. The molecule has 0 saturated carbocycles. The molecule has 1 fully saturated rings. The summed E-state index contributed by atoms with van der Waals surface area (Å²) in [4.78, 5) is 17.3. The molecule has 286 valence electrons. The van der Waals surface area contributed by atoms with Crippen LogP contribution in [-0.4, -0.2) is 81.6 Å². The molecule has 0 aliphatic carbocycles. The van der Waals surface area contributed by atoms with E-state index in [1.54, 1.807) is 14.2 Å². The number of rotatable bonds is 22. The summed E-state index contributed by atoms with van der Waals surface area (Å²) in [6.07, 6.45) is 2.71. The number of piperidine rings is 1. The van der Waals surface area contributed by atoms with E-state index in [9.17, 15) is 4.79 Å². The van der Waals surface area contributed by atoms with Crippen LogP contribution in [0, 0.1) is 5.92 Å². The smallest absolute Gasteiger partial charge is 0.305 e. The molecular weight excluding hydrogens is 680 g/mol. The highest BCUT2D eigenvalue weighted by Gasteiger charge is 2.36. The fraction of sp³-hybridized carbons (Fsp3) is 0.439. The summed E-state index contributed by atoms with van der Waals surface area (Å²) in [6, 6.07) is 28.3. The van der Waals surface area contributed by atoms with Crippen LogP contribution < -0.4 is 19.5 Å². The third-order valence-electron chi connectivity index (χ3n) is 9.34. The Morgan fingerprint density at radius 1 is 0.811 bits per heavy atom. The van der Waals surface area contributed by atoms with Crippen molar-refractivity contribution in [2.45, 2.75) is 57.3 Å². The Morgan fingerprint density at radius 3 is 2.42 bits per heavy atom. The Hall–Kier alpha value is -4.27. The van der Waals surface area contributed by atoms with E-state index in [1.165, 1.54) is 0 Å². The number of carbonyl (C=O) groups excluding carboxylic acids is 1. The topological polar surface area (TPSA) is 137 Å². The summed E-state index contributed by atoms with van der Waals surface area (Å²) in [5.74, 6) is 2.06. The largest absolute Gasteiger partial charge is 0.496 e. The molecular formula is C41H52N2O10. The van der Waals surface area contributed by atoms with Crippen molar-refractivity contribution < 1.29 is 48.5 Å². The number of ether oxygens (including phenoxy) is 6. The summed E-state index contributed by atoms with van der Waals surface area (Å²) in [7, 11) is 3.34. The van der Waals surface area contributed by atoms with Gasteiger partial charge in [-0.25, -0.2) is 0 Å². The van der Waals surface area contributed by atoms with Gasteiger partial charge in [0, 0.05) is 48.7 Å². The molecule has 5 rings (SSSR count). The summed E-state index contributed by atoms with van der Waals surface area (Å²) >= 11 is 0. The van der Waals surface area contributed by atoms with Gasteiger partial charge in [-0.2, -0.15) is 0 Å². The van der Waals surface area contributed by atoms with E-state index in [1.807, 2.05) is 60.7 Å². The molecule has 0 spiro atoms. The van der Waals surface area contributed by atoms with Crippen molar-refractivity contribution in [3.63, 3.8) is 0 Å². The lowest BCUT2D eigenvalue weighted by Gasteiger charge is -2.38. The predicted octanol–water partition coefficient (Wildman–Crippen LogP) is 6.85. The molecule has 1 heterocycles. The number of unbranched alkanes of at least 4 members (excludes halogenated alkanes) is 2. The molecule has 12 nitrogen and oxygen atoms in total. The maximum absolute atomic E-state index is 12.7. The summed E-state index contributed by atoms with van der Waals surface area (Å²) in [5.41, 5.74) is 3.11. The highest BCUT2D eigenvalue weighted by molar-refractivity contribution is 5.89. The quantitative estimate of drug-likeness (QED) is 0.0443. The van der Waals surface area contributed by atoms with E-state index >= 15 is 0 Å². The van der Waals surface area contributed by atoms with Crippen LogP contribution >= 0.6 is 0 Å². The SMILES string of the molecule is COc1ccccc1COCCCOc1ccc(C2C(COC(=O)CCCCCON(O)O)CNCC2OCc2cc(OC)c3ccccc3c2)cc1. The second kappa shape index (κ2) is 21.4. The van der Waals surface area contributed by atoms with Gasteiger partial charge in [0.1, 0.15) is 17.2 Å². The monoisotopic (exact) mass is 732 g/mol. The summed E-state index contributed by atoms with van der Waals surface area (Å²) in [6.45, 7) is 3.67. The Bertz CT molecular complexity index is 1690. The van der Waals surface area contributed by atoms with Gasteiger partial charge >= 0.3 is 5.97 Å². The van der Waals surface area contributed by atoms with E-state index < -0.39 is 0 Å². The van der Waals surface area contributed by atoms with Crippen molar-refractivity contribution in [1.29, 1.82) is 0 Å². The normalized spacial score (nSPS) is 17.2. The highest BCUT2D eigenvalue weighted by atomic mass is 17.1. The van der Waals surface area contributed by atoms with Crippen molar-refractivity contribution in [3.05, 3.63) is 102 Å². The molecule has 0 amide bonds. The molecule has 12 heteroatoms. The third kappa shape index (κ3) is 12.4. The molecule has 3 N–H and O–H groups in total. The maximum atomic E-state index is 12.7. The Labute approximate surface area is 311 Å². The first kappa shape index (κ1) is 39.9. The zero-order chi connectivity index (χ0) is 37.3. The number of nitrogens with zero attached hydrogens (tertiary/aromatic N) is 1. The second-order valence-electron chi connectivity index (χ2n) is 13.0. The minimum absolute atomic E-state index is 0.0236. The van der Waals surface area contributed by atoms with Crippen LogP contribution in [0.15, 0.2) is 84.9 Å². The lowest BCUT2D eigenvalue weighted by Crippen LogP contribution is -2.48. The van der Waals surface area contributed by atoms with Crippen LogP contribution in [0.4, 0.5) is 0 Å². The molecule has 4 aromatic carbocycles. The average molecular weight is 733 g/mol. The van der Waals surface area contributed by atoms with Crippen LogP contribution in [0.3, 0.4) is 0 Å². The van der Waals surface area contributed by atoms with E-state index in [0.717, 1.165) is 51.1 Å². The molecule has 1 aliphatic heterocycles. The number of hydrogen-bond acceptors (Lipinski definition) is 12. The van der Waals surface area contributed by atoms with Gasteiger partial charge in [-0.15, -0.1) is 0 Å². The number of fused-ring (bicyclic) bond motifs is 1. The second-order valence-corrected chi connectivity index (χ2v) is 13.0. The van der Waals surface area contributed by atoms with E-state index in [-0.39, 0.29) is 48.9 Å². The average Bonchev–Trinajstić information content (AvgIpc) is 3.18. The first-order chi connectivity index (χ1) is 25.9. The maximum Gasteiger partial charge on any atom is 0.305 e. The molecule has 0 aromatic heterocycles. The van der Waals surface area contributed by atoms with Gasteiger partial charge in [0.05, 0.1) is 65.4 Å². The minimum Gasteiger partial charge on any atom is -0.496 e. The Kier molecular flexibility index (Phi) is 16.1. The number of hydrogen-bond donors (Lipinski definition) is 3. The minimum atomic E-state index is -0.304. The van der Waals surface area contributed by atoms with Crippen molar-refractivity contribution >= 4 is 16.7 Å². The number of para-hydroxylation sites is 1. The highest BCUT2D eigenvalue weighted by Crippen LogP contribution is 2.35. The number of nitrogens with one attached hydrogen (secondary N) is 1. The Morgan fingerprint density at radius 2 is 1.60 bits per heavy atom. The number of esters is 1. The molecule has 0 radical (unpaired) electrons. The van der Waals surface area contributed by atoms with Crippen molar-refractivity contribution in [2.24, 2.45) is 5.92 Å². The number of benzene rings is 4. The lowest BCUT2D eigenvalue weighted by molar-refractivity contribution is -0.492. The first-order valence-electron chi connectivity index (χ1n) is 18.2. The van der Waals surface area contributed by atoms with Gasteiger partial charge in [0.2, 0.25) is 0 Å². The van der Waals surface area contributed by atoms with Crippen molar-refractivity contribution in [3.8, 4) is 17.2 Å². The number of carbonyl (C=O) groups is 1. The van der Waals surface area contributed by atoms with E-state index in [0.29, 0.717) is 58.8 Å². The standard InChI is InChI=1S/C41H52N2O10/c1-47-37-14-8-6-12-33(37)28-49-20-10-21-50-35-18-16-31(17-19-35)41-34(29-52-40(44)15-4-3-9-22-53-43(45)46)25-42-26-39(41)51-27-30-23-32-11-5-7-13-36(32)38(24-30)48-2/h5-8,11-14,16-19,23-24,34,39,41-42,45-46H,3-4,9-10,15,20-22,25-29H2,1-2H3. The van der Waals surface area contributed by atoms with Gasteiger partial charge in [-0.3, -0.25) is 20.0 Å². The fourth-order valence-corrected chi connectivity index (χ4v) is 6.68. The molecule has 3 unspecified atom stereocenters. The molecule has 3 atom stereocenters. The van der Waals surface area contributed by atoms with Crippen LogP contribution in [0.5, 0.6) is 17.2 Å². The molecule has 4 aromatic rings.